The predicted molar refractivity (Wildman–Crippen MR) is 102 cm³/mol. The van der Waals surface area contributed by atoms with Crippen molar-refractivity contribution < 1.29 is 9.94 Å². The maximum atomic E-state index is 13.2. The molecule has 0 radical (unpaired) electrons. The van der Waals surface area contributed by atoms with Crippen LogP contribution >= 0.6 is 0 Å². The average molecular weight is 342 g/mol. The van der Waals surface area contributed by atoms with Crippen molar-refractivity contribution in [3.8, 4) is 33.9 Å². The van der Waals surface area contributed by atoms with Crippen molar-refractivity contribution in [1.29, 1.82) is 0 Å². The maximum absolute atomic E-state index is 13.2. The van der Waals surface area contributed by atoms with Gasteiger partial charge in [0, 0.05) is 11.1 Å². The average Bonchev–Trinajstić information content (AvgIpc) is 2.93. The molecule has 0 aliphatic rings. The van der Waals surface area contributed by atoms with Gasteiger partial charge in [-0.2, -0.15) is 0 Å². The summed E-state index contributed by atoms with van der Waals surface area (Å²) in [5, 5.41) is 24.2. The Morgan fingerprint density at radius 3 is 1.96 bits per heavy atom. The summed E-state index contributed by atoms with van der Waals surface area (Å²) in [6.45, 7) is 1.96. The number of benzene rings is 3. The molecular formula is C22H18N2O2. The Hall–Kier alpha value is -3.53. The lowest BCUT2D eigenvalue weighted by molar-refractivity contribution is -0.582. The van der Waals surface area contributed by atoms with Crippen LogP contribution in [0, 0.1) is 12.1 Å². The van der Waals surface area contributed by atoms with E-state index in [0.717, 1.165) is 26.2 Å². The molecule has 0 atom stereocenters. The monoisotopic (exact) mass is 342 g/mol. The second-order valence-electron chi connectivity index (χ2n) is 6.23. The van der Waals surface area contributed by atoms with Crippen LogP contribution in [0.25, 0.3) is 33.9 Å². The fourth-order valence-corrected chi connectivity index (χ4v) is 3.22. The van der Waals surface area contributed by atoms with Crippen LogP contribution in [0.2, 0.25) is 0 Å². The summed E-state index contributed by atoms with van der Waals surface area (Å²) in [6.07, 6.45) is 0. The summed E-state index contributed by atoms with van der Waals surface area (Å²) in [5.41, 5.74) is 4.12. The van der Waals surface area contributed by atoms with Crippen LogP contribution < -0.4 is 4.73 Å². The fraction of sp³-hybridized carbons (Fsp3) is 0.0455. The standard InChI is InChI=1S/C22H18N2O2/c1-16-9-8-14-19(15-16)22-23(25)20(17-10-4-2-5-11-17)21(24(22)26)18-12-6-3-7-13-18/h2-15,25H,1H3. The van der Waals surface area contributed by atoms with E-state index in [0.29, 0.717) is 17.0 Å². The Balaban J connectivity index is 2.06. The molecule has 0 amide bonds. The molecule has 26 heavy (non-hydrogen) atoms. The number of aromatic nitrogens is 2. The van der Waals surface area contributed by atoms with Crippen LogP contribution in [0.5, 0.6) is 0 Å². The molecule has 0 saturated heterocycles. The third-order valence-corrected chi connectivity index (χ3v) is 4.40. The lowest BCUT2D eigenvalue weighted by Gasteiger charge is -2.07. The molecule has 3 aromatic carbocycles. The number of hydrogen-bond acceptors (Lipinski definition) is 2. The summed E-state index contributed by atoms with van der Waals surface area (Å²) in [6, 6.07) is 26.4. The highest BCUT2D eigenvalue weighted by atomic mass is 16.5. The first-order valence-corrected chi connectivity index (χ1v) is 8.42. The second kappa shape index (κ2) is 6.41. The van der Waals surface area contributed by atoms with Gasteiger partial charge in [-0.1, -0.05) is 78.4 Å². The van der Waals surface area contributed by atoms with Gasteiger partial charge in [-0.3, -0.25) is 0 Å². The molecule has 0 unspecified atom stereocenters. The van der Waals surface area contributed by atoms with Crippen LogP contribution in [-0.2, 0) is 0 Å². The van der Waals surface area contributed by atoms with E-state index in [2.05, 4.69) is 0 Å². The normalized spacial score (nSPS) is 10.8. The molecule has 1 N–H and O–H groups in total. The Kier molecular flexibility index (Phi) is 3.93. The molecule has 128 valence electrons. The number of nitrogens with zero attached hydrogens (tertiary/aromatic N) is 2. The van der Waals surface area contributed by atoms with Crippen molar-refractivity contribution in [2.24, 2.45) is 0 Å². The summed E-state index contributed by atoms with van der Waals surface area (Å²) >= 11 is 0. The first-order valence-electron chi connectivity index (χ1n) is 8.42. The van der Waals surface area contributed by atoms with E-state index in [1.54, 1.807) is 0 Å². The molecular weight excluding hydrogens is 324 g/mol. The molecule has 0 fully saturated rings. The minimum absolute atomic E-state index is 0.200. The van der Waals surface area contributed by atoms with E-state index in [1.165, 1.54) is 0 Å². The molecule has 0 aliphatic carbocycles. The van der Waals surface area contributed by atoms with Crippen molar-refractivity contribution in [3.05, 3.63) is 95.7 Å². The van der Waals surface area contributed by atoms with Crippen molar-refractivity contribution in [2.45, 2.75) is 6.92 Å². The van der Waals surface area contributed by atoms with Gasteiger partial charge in [-0.15, -0.1) is 0 Å². The van der Waals surface area contributed by atoms with Crippen molar-refractivity contribution in [3.63, 3.8) is 0 Å². The van der Waals surface area contributed by atoms with E-state index in [-0.39, 0.29) is 5.82 Å². The number of rotatable bonds is 3. The van der Waals surface area contributed by atoms with E-state index in [1.807, 2.05) is 91.9 Å². The van der Waals surface area contributed by atoms with Gasteiger partial charge in [0.05, 0.1) is 5.56 Å². The van der Waals surface area contributed by atoms with E-state index in [4.69, 9.17) is 0 Å². The predicted octanol–water partition coefficient (Wildman–Crippen LogP) is 4.67. The highest BCUT2D eigenvalue weighted by Gasteiger charge is 2.31. The minimum atomic E-state index is 0.200. The number of aryl methyl sites for hydroxylation is 1. The van der Waals surface area contributed by atoms with Crippen LogP contribution in [0.15, 0.2) is 84.9 Å². The van der Waals surface area contributed by atoms with E-state index < -0.39 is 0 Å². The Bertz CT molecular complexity index is 991. The SMILES string of the molecule is Cc1cccc(-c2n(O)c(-c3ccccc3)c(-c3ccccc3)[n+]2[O-])c1. The molecule has 4 rings (SSSR count). The van der Waals surface area contributed by atoms with Crippen molar-refractivity contribution >= 4 is 0 Å². The number of hydrogen-bond donors (Lipinski definition) is 1. The van der Waals surface area contributed by atoms with Gasteiger partial charge in [0.25, 0.3) is 0 Å². The van der Waals surface area contributed by atoms with E-state index in [9.17, 15) is 10.4 Å². The molecule has 0 saturated carbocycles. The topological polar surface area (TPSA) is 52.1 Å². The van der Waals surface area contributed by atoms with Gasteiger partial charge in [0.15, 0.2) is 5.69 Å². The van der Waals surface area contributed by atoms with E-state index >= 15 is 0 Å². The van der Waals surface area contributed by atoms with Crippen molar-refractivity contribution in [2.75, 3.05) is 0 Å². The summed E-state index contributed by atoms with van der Waals surface area (Å²) in [5.74, 6) is 0.200. The first kappa shape index (κ1) is 16.0. The quantitative estimate of drug-likeness (QED) is 0.334. The van der Waals surface area contributed by atoms with Gasteiger partial charge in [0.1, 0.15) is 0 Å². The lowest BCUT2D eigenvalue weighted by atomic mass is 10.1. The van der Waals surface area contributed by atoms with Gasteiger partial charge in [-0.25, -0.2) is 4.73 Å². The summed E-state index contributed by atoms with van der Waals surface area (Å²) in [7, 11) is 0. The first-order chi connectivity index (χ1) is 12.7. The molecule has 0 spiro atoms. The molecule has 0 bridgehead atoms. The maximum Gasteiger partial charge on any atom is 0.332 e. The Morgan fingerprint density at radius 2 is 1.35 bits per heavy atom. The fourth-order valence-electron chi connectivity index (χ4n) is 3.22. The summed E-state index contributed by atoms with van der Waals surface area (Å²) < 4.78 is 1.81. The van der Waals surface area contributed by atoms with Crippen LogP contribution in [0.3, 0.4) is 0 Å². The molecule has 1 heterocycles. The Morgan fingerprint density at radius 1 is 0.769 bits per heavy atom. The largest absolute Gasteiger partial charge is 0.710 e. The molecule has 4 nitrogen and oxygen atoms in total. The third kappa shape index (κ3) is 2.62. The van der Waals surface area contributed by atoms with Crippen molar-refractivity contribution in [1.82, 2.24) is 4.73 Å². The van der Waals surface area contributed by atoms with Crippen LogP contribution in [0.1, 0.15) is 5.56 Å². The zero-order valence-electron chi connectivity index (χ0n) is 14.3. The van der Waals surface area contributed by atoms with Crippen LogP contribution in [0.4, 0.5) is 0 Å². The lowest BCUT2D eigenvalue weighted by Crippen LogP contribution is -2.30. The zero-order chi connectivity index (χ0) is 18.1. The zero-order valence-corrected chi connectivity index (χ0v) is 14.3. The minimum Gasteiger partial charge on any atom is -0.710 e. The van der Waals surface area contributed by atoms with Gasteiger partial charge < -0.3 is 10.4 Å². The van der Waals surface area contributed by atoms with Crippen LogP contribution in [-0.4, -0.2) is 9.94 Å². The summed E-state index contributed by atoms with van der Waals surface area (Å²) in [4.78, 5) is 0. The highest BCUT2D eigenvalue weighted by molar-refractivity contribution is 5.78. The van der Waals surface area contributed by atoms with Gasteiger partial charge in [-0.05, 0) is 23.8 Å². The smallest absolute Gasteiger partial charge is 0.332 e. The molecule has 4 aromatic rings. The molecule has 1 aromatic heterocycles. The van der Waals surface area contributed by atoms with Gasteiger partial charge >= 0.3 is 5.82 Å². The number of imidazole rings is 1. The Labute approximate surface area is 151 Å². The molecule has 0 aliphatic heterocycles. The molecule has 4 heteroatoms. The second-order valence-corrected chi connectivity index (χ2v) is 6.23. The van der Waals surface area contributed by atoms with Gasteiger partial charge in [0.2, 0.25) is 5.69 Å². The highest BCUT2D eigenvalue weighted by Crippen LogP contribution is 2.33. The third-order valence-electron chi connectivity index (χ3n) is 4.40.